The van der Waals surface area contributed by atoms with Crippen LogP contribution in [0.1, 0.15) is 0 Å². The van der Waals surface area contributed by atoms with Gasteiger partial charge in [-0.25, -0.2) is 4.98 Å². The third-order valence-electron chi connectivity index (χ3n) is 6.44. The maximum absolute atomic E-state index is 4.88. The first-order valence-electron chi connectivity index (χ1n) is 11.4. The third kappa shape index (κ3) is 2.72. The van der Waals surface area contributed by atoms with Crippen LogP contribution in [0.25, 0.3) is 55.7 Å². The normalized spacial score (nSPS) is 11.5. The summed E-state index contributed by atoms with van der Waals surface area (Å²) in [5.41, 5.74) is 7.71. The Morgan fingerprint density at radius 2 is 1.24 bits per heavy atom. The van der Waals surface area contributed by atoms with Crippen LogP contribution in [0, 0.1) is 0 Å². The van der Waals surface area contributed by atoms with Gasteiger partial charge in [-0.1, -0.05) is 84.9 Å². The molecular formula is C30H20N4. The summed E-state index contributed by atoms with van der Waals surface area (Å²) < 4.78 is 4.53. The van der Waals surface area contributed by atoms with Gasteiger partial charge >= 0.3 is 0 Å². The van der Waals surface area contributed by atoms with Crippen LogP contribution in [0.3, 0.4) is 0 Å². The Morgan fingerprint density at radius 1 is 0.559 bits per heavy atom. The van der Waals surface area contributed by atoms with Crippen LogP contribution in [-0.4, -0.2) is 18.9 Å². The Bertz CT molecular complexity index is 1770. The van der Waals surface area contributed by atoms with Gasteiger partial charge in [0.1, 0.15) is 0 Å². The molecule has 0 saturated heterocycles. The van der Waals surface area contributed by atoms with E-state index >= 15 is 0 Å². The summed E-state index contributed by atoms with van der Waals surface area (Å²) in [6, 6.07) is 35.7. The van der Waals surface area contributed by atoms with Gasteiger partial charge in [-0.15, -0.1) is 0 Å². The minimum atomic E-state index is 0.807. The van der Waals surface area contributed by atoms with Crippen LogP contribution in [0.5, 0.6) is 0 Å². The Kier molecular flexibility index (Phi) is 4.11. The summed E-state index contributed by atoms with van der Waals surface area (Å²) in [6.45, 7) is 0. The van der Waals surface area contributed by atoms with Gasteiger partial charge in [0.25, 0.3) is 0 Å². The summed E-state index contributed by atoms with van der Waals surface area (Å²) in [5.74, 6) is 0.807. The number of aromatic nitrogens is 4. The standard InChI is InChI=1S/C30H20N4/c1-3-11-21(12-4-1)24-19-32-27(20-31-24)34-25-16-8-7-15-23(25)28-29(22-13-5-2-6-14-22)33-18-10-9-17-26(33)30(28)34/h1-20H. The van der Waals surface area contributed by atoms with E-state index in [-0.39, 0.29) is 0 Å². The molecule has 0 N–H and O–H groups in total. The van der Waals surface area contributed by atoms with Crippen LogP contribution in [0.4, 0.5) is 0 Å². The fourth-order valence-corrected chi connectivity index (χ4v) is 4.99. The van der Waals surface area contributed by atoms with E-state index < -0.39 is 0 Å². The maximum Gasteiger partial charge on any atom is 0.156 e. The molecule has 0 fully saturated rings. The lowest BCUT2D eigenvalue weighted by Crippen LogP contribution is -1.99. The van der Waals surface area contributed by atoms with Crippen molar-refractivity contribution < 1.29 is 0 Å². The summed E-state index contributed by atoms with van der Waals surface area (Å²) in [7, 11) is 0. The number of hydrogen-bond acceptors (Lipinski definition) is 2. The zero-order chi connectivity index (χ0) is 22.5. The molecule has 0 aliphatic carbocycles. The topological polar surface area (TPSA) is 35.1 Å². The fraction of sp³-hybridized carbons (Fsp3) is 0. The highest BCUT2D eigenvalue weighted by molar-refractivity contribution is 6.20. The van der Waals surface area contributed by atoms with E-state index in [4.69, 9.17) is 9.97 Å². The van der Waals surface area contributed by atoms with Crippen molar-refractivity contribution in [2.75, 3.05) is 0 Å². The minimum absolute atomic E-state index is 0.807. The smallest absolute Gasteiger partial charge is 0.156 e. The largest absolute Gasteiger partial charge is 0.314 e. The van der Waals surface area contributed by atoms with Crippen molar-refractivity contribution in [1.82, 2.24) is 18.9 Å². The van der Waals surface area contributed by atoms with Crippen LogP contribution in [0.15, 0.2) is 122 Å². The first-order valence-corrected chi connectivity index (χ1v) is 11.4. The number of pyridine rings is 1. The second kappa shape index (κ2) is 7.42. The van der Waals surface area contributed by atoms with E-state index in [1.54, 1.807) is 0 Å². The van der Waals surface area contributed by atoms with Crippen LogP contribution < -0.4 is 0 Å². The summed E-state index contributed by atoms with van der Waals surface area (Å²) >= 11 is 0. The fourth-order valence-electron chi connectivity index (χ4n) is 4.99. The van der Waals surface area contributed by atoms with Gasteiger partial charge in [-0.2, -0.15) is 0 Å². The molecule has 34 heavy (non-hydrogen) atoms. The SMILES string of the molecule is c1ccc(-c2cnc(-n3c4ccccc4c4c(-c5ccccc5)n5ccccc5c43)cn2)cc1. The van der Waals surface area contributed by atoms with Gasteiger partial charge < -0.3 is 4.40 Å². The first kappa shape index (κ1) is 18.8. The van der Waals surface area contributed by atoms with Crippen molar-refractivity contribution in [3.63, 3.8) is 0 Å². The molecule has 4 heterocycles. The molecule has 0 aliphatic rings. The molecule has 0 bridgehead atoms. The molecule has 0 spiro atoms. The van der Waals surface area contributed by atoms with E-state index in [9.17, 15) is 0 Å². The predicted molar refractivity (Wildman–Crippen MR) is 138 cm³/mol. The number of benzene rings is 3. The maximum atomic E-state index is 4.88. The van der Waals surface area contributed by atoms with Gasteiger partial charge in [-0.05, 0) is 23.8 Å². The first-order chi connectivity index (χ1) is 16.9. The molecule has 4 nitrogen and oxygen atoms in total. The van der Waals surface area contributed by atoms with Crippen LogP contribution in [-0.2, 0) is 0 Å². The lowest BCUT2D eigenvalue weighted by atomic mass is 10.1. The van der Waals surface area contributed by atoms with Crippen LogP contribution in [0.2, 0.25) is 0 Å². The molecular weight excluding hydrogens is 416 g/mol. The lowest BCUT2D eigenvalue weighted by Gasteiger charge is -2.08. The lowest BCUT2D eigenvalue weighted by molar-refractivity contribution is 1.04. The zero-order valence-electron chi connectivity index (χ0n) is 18.3. The van der Waals surface area contributed by atoms with Gasteiger partial charge in [-0.3, -0.25) is 9.55 Å². The Hall–Kier alpha value is -4.70. The Balaban J connectivity index is 1.57. The molecule has 7 aromatic rings. The molecule has 0 amide bonds. The third-order valence-corrected chi connectivity index (χ3v) is 6.44. The summed E-state index contributed by atoms with van der Waals surface area (Å²) in [5, 5.41) is 2.43. The molecule has 0 radical (unpaired) electrons. The van der Waals surface area contributed by atoms with Crippen molar-refractivity contribution in [3.8, 4) is 28.3 Å². The van der Waals surface area contributed by atoms with Crippen LogP contribution >= 0.6 is 0 Å². The van der Waals surface area contributed by atoms with Crippen molar-refractivity contribution in [2.24, 2.45) is 0 Å². The van der Waals surface area contributed by atoms with E-state index in [1.165, 1.54) is 22.0 Å². The Labute approximate surface area is 196 Å². The van der Waals surface area contributed by atoms with Gasteiger partial charge in [0.05, 0.1) is 40.3 Å². The molecule has 0 aliphatic heterocycles. The zero-order valence-corrected chi connectivity index (χ0v) is 18.3. The molecule has 4 heteroatoms. The summed E-state index contributed by atoms with van der Waals surface area (Å²) in [6.07, 6.45) is 5.88. The quantitative estimate of drug-likeness (QED) is 0.295. The highest BCUT2D eigenvalue weighted by Gasteiger charge is 2.22. The molecule has 160 valence electrons. The van der Waals surface area contributed by atoms with Gasteiger partial charge in [0.15, 0.2) is 5.82 Å². The second-order valence-electron chi connectivity index (χ2n) is 8.37. The predicted octanol–water partition coefficient (Wildman–Crippen LogP) is 7.16. The molecule has 4 aromatic heterocycles. The monoisotopic (exact) mass is 436 g/mol. The second-order valence-corrected chi connectivity index (χ2v) is 8.37. The van der Waals surface area contributed by atoms with Crippen molar-refractivity contribution in [1.29, 1.82) is 0 Å². The average molecular weight is 437 g/mol. The van der Waals surface area contributed by atoms with E-state index in [1.807, 2.05) is 30.6 Å². The van der Waals surface area contributed by atoms with E-state index in [0.29, 0.717) is 0 Å². The van der Waals surface area contributed by atoms with E-state index in [0.717, 1.165) is 33.6 Å². The number of hydrogen-bond donors (Lipinski definition) is 0. The number of fused-ring (bicyclic) bond motifs is 5. The molecule has 0 unspecified atom stereocenters. The summed E-state index contributed by atoms with van der Waals surface area (Å²) in [4.78, 5) is 9.65. The highest BCUT2D eigenvalue weighted by Crippen LogP contribution is 2.42. The number of rotatable bonds is 3. The van der Waals surface area contributed by atoms with Crippen molar-refractivity contribution in [3.05, 3.63) is 122 Å². The number of nitrogens with zero attached hydrogens (tertiary/aromatic N) is 4. The minimum Gasteiger partial charge on any atom is -0.314 e. The number of para-hydroxylation sites is 1. The highest BCUT2D eigenvalue weighted by atomic mass is 15.1. The van der Waals surface area contributed by atoms with Crippen molar-refractivity contribution >= 4 is 27.3 Å². The average Bonchev–Trinajstić information content (AvgIpc) is 3.43. The molecule has 3 aromatic carbocycles. The molecule has 0 saturated carbocycles. The van der Waals surface area contributed by atoms with Crippen molar-refractivity contribution in [2.45, 2.75) is 0 Å². The van der Waals surface area contributed by atoms with Gasteiger partial charge in [0, 0.05) is 22.5 Å². The van der Waals surface area contributed by atoms with E-state index in [2.05, 4.69) is 100 Å². The Morgan fingerprint density at radius 3 is 2.00 bits per heavy atom. The molecule has 0 atom stereocenters. The van der Waals surface area contributed by atoms with Gasteiger partial charge in [0.2, 0.25) is 0 Å². The molecule has 7 rings (SSSR count).